The van der Waals surface area contributed by atoms with Crippen LogP contribution in [0, 0.1) is 5.92 Å². The van der Waals surface area contributed by atoms with Crippen LogP contribution in [0.1, 0.15) is 41.6 Å². The van der Waals surface area contributed by atoms with Crippen LogP contribution in [0.15, 0.2) is 31.4 Å². The number of carbonyl (C=O) groups excluding carboxylic acids is 1. The summed E-state index contributed by atoms with van der Waals surface area (Å²) in [6.45, 7) is 12.2. The first kappa shape index (κ1) is 27.9. The Kier molecular flexibility index (Phi) is 9.18. The highest BCUT2D eigenvalue weighted by Crippen LogP contribution is 2.38. The number of fused-ring (bicyclic) bond motifs is 1. The van der Waals surface area contributed by atoms with E-state index in [0.717, 1.165) is 50.9 Å². The van der Waals surface area contributed by atoms with Crippen molar-refractivity contribution >= 4 is 33.4 Å². The van der Waals surface area contributed by atoms with Gasteiger partial charge in [-0.05, 0) is 37.7 Å². The van der Waals surface area contributed by atoms with E-state index in [4.69, 9.17) is 22.1 Å². The first-order valence-corrected chi connectivity index (χ1v) is 14.8. The number of likely N-dealkylation sites (tertiary alicyclic amines) is 1. The van der Waals surface area contributed by atoms with Crippen molar-refractivity contribution in [3.63, 3.8) is 0 Å². The van der Waals surface area contributed by atoms with Crippen molar-refractivity contribution in [1.82, 2.24) is 18.8 Å². The molecule has 204 valence electrons. The lowest BCUT2D eigenvalue weighted by atomic mass is 9.95. The van der Waals surface area contributed by atoms with Gasteiger partial charge < -0.3 is 20.7 Å². The quantitative estimate of drug-likeness (QED) is 0.342. The van der Waals surface area contributed by atoms with Gasteiger partial charge in [0.25, 0.3) is 16.1 Å². The average Bonchev–Trinajstić information content (AvgIpc) is 3.38. The normalized spacial score (nSPS) is 19.9. The molecule has 4 rings (SSSR count). The second-order valence-corrected chi connectivity index (χ2v) is 12.4. The second-order valence-electron chi connectivity index (χ2n) is 10.0. The molecular formula is C26H38ClN5O4S. The smallest absolute Gasteiger partial charge is 0.282 e. The molecule has 3 aliphatic rings. The molecule has 2 saturated heterocycles. The molecule has 37 heavy (non-hydrogen) atoms. The number of amides is 1. The highest BCUT2D eigenvalue weighted by Gasteiger charge is 2.33. The van der Waals surface area contributed by atoms with E-state index in [1.54, 1.807) is 22.5 Å². The number of hydrogen-bond acceptors (Lipinski definition) is 6. The number of rotatable bonds is 10. The molecule has 0 bridgehead atoms. The molecule has 2 fully saturated rings. The molecular weight excluding hydrogens is 514 g/mol. The molecule has 0 unspecified atom stereocenters. The summed E-state index contributed by atoms with van der Waals surface area (Å²) in [7, 11) is -3.51. The number of anilines is 1. The SMILES string of the molecule is C=CCN(CC=C)S(=O)(=O)N1CCC(CN2CCC(NC(=O)c3cc(Cl)c(N)c4c3OCC4)CC2)CC1. The Balaban J connectivity index is 1.24. The number of hydrogen-bond donors (Lipinski definition) is 2. The van der Waals surface area contributed by atoms with E-state index >= 15 is 0 Å². The zero-order chi connectivity index (χ0) is 26.6. The third kappa shape index (κ3) is 6.31. The summed E-state index contributed by atoms with van der Waals surface area (Å²) >= 11 is 6.26. The molecule has 3 heterocycles. The molecule has 1 amide bonds. The number of nitrogens with one attached hydrogen (secondary N) is 1. The zero-order valence-electron chi connectivity index (χ0n) is 21.3. The fraction of sp³-hybridized carbons (Fsp3) is 0.577. The predicted molar refractivity (Wildman–Crippen MR) is 147 cm³/mol. The van der Waals surface area contributed by atoms with Gasteiger partial charge >= 0.3 is 0 Å². The van der Waals surface area contributed by atoms with Gasteiger partial charge in [-0.1, -0.05) is 23.8 Å². The van der Waals surface area contributed by atoms with Gasteiger partial charge in [-0.25, -0.2) is 0 Å². The van der Waals surface area contributed by atoms with Gasteiger partial charge in [0, 0.05) is 63.8 Å². The van der Waals surface area contributed by atoms with Crippen molar-refractivity contribution in [1.29, 1.82) is 0 Å². The van der Waals surface area contributed by atoms with Crippen molar-refractivity contribution in [2.24, 2.45) is 5.92 Å². The maximum Gasteiger partial charge on any atom is 0.282 e. The Morgan fingerprint density at radius 2 is 1.81 bits per heavy atom. The molecule has 11 heteroatoms. The van der Waals surface area contributed by atoms with E-state index in [1.807, 2.05) is 0 Å². The summed E-state index contributed by atoms with van der Waals surface area (Å²) in [4.78, 5) is 15.4. The Hall–Kier alpha value is -2.11. The standard InChI is InChI=1S/C26H38ClN5O4S/c1-3-10-31(11-4-2)37(34,35)32-14-5-19(6-15-32)18-30-12-7-20(8-13-30)29-26(33)22-17-23(27)24(28)21-9-16-36-25(21)22/h3-4,17,19-20H,1-2,5-16,18,28H2,(H,29,33). The lowest BCUT2D eigenvalue weighted by Gasteiger charge is -2.38. The number of ether oxygens (including phenoxy) is 1. The first-order valence-electron chi connectivity index (χ1n) is 13.0. The van der Waals surface area contributed by atoms with E-state index in [9.17, 15) is 13.2 Å². The van der Waals surface area contributed by atoms with Crippen molar-refractivity contribution in [3.8, 4) is 5.75 Å². The number of benzene rings is 1. The van der Waals surface area contributed by atoms with Gasteiger partial charge in [-0.15, -0.1) is 13.2 Å². The van der Waals surface area contributed by atoms with E-state index in [1.165, 1.54) is 4.31 Å². The lowest BCUT2D eigenvalue weighted by molar-refractivity contribution is 0.0895. The first-order chi connectivity index (χ1) is 17.7. The summed E-state index contributed by atoms with van der Waals surface area (Å²) in [5.74, 6) is 0.845. The van der Waals surface area contributed by atoms with Crippen LogP contribution in [-0.4, -0.2) is 86.3 Å². The van der Waals surface area contributed by atoms with Crippen molar-refractivity contribution in [2.45, 2.75) is 38.1 Å². The molecule has 1 aromatic rings. The summed E-state index contributed by atoms with van der Waals surface area (Å²) in [5.41, 5.74) is 7.82. The Bertz CT molecular complexity index is 1100. The highest BCUT2D eigenvalue weighted by molar-refractivity contribution is 7.86. The fourth-order valence-corrected chi connectivity index (χ4v) is 7.27. The Morgan fingerprint density at radius 3 is 2.43 bits per heavy atom. The monoisotopic (exact) mass is 551 g/mol. The van der Waals surface area contributed by atoms with Crippen LogP contribution in [0.25, 0.3) is 0 Å². The lowest BCUT2D eigenvalue weighted by Crippen LogP contribution is -2.49. The molecule has 0 aromatic heterocycles. The van der Waals surface area contributed by atoms with Gasteiger partial charge in [0.15, 0.2) is 0 Å². The van der Waals surface area contributed by atoms with Crippen LogP contribution in [0.2, 0.25) is 5.02 Å². The summed E-state index contributed by atoms with van der Waals surface area (Å²) in [5, 5.41) is 3.54. The minimum atomic E-state index is -3.51. The third-order valence-corrected chi connectivity index (χ3v) is 9.83. The van der Waals surface area contributed by atoms with E-state index < -0.39 is 10.2 Å². The second kappa shape index (κ2) is 12.2. The largest absolute Gasteiger partial charge is 0.492 e. The van der Waals surface area contributed by atoms with E-state index in [2.05, 4.69) is 23.4 Å². The third-order valence-electron chi connectivity index (χ3n) is 7.55. The maximum atomic E-state index is 13.0. The Labute approximate surface area is 225 Å². The van der Waals surface area contributed by atoms with Crippen molar-refractivity contribution < 1.29 is 17.9 Å². The number of nitrogens with two attached hydrogens (primary N) is 1. The van der Waals surface area contributed by atoms with Gasteiger partial charge in [0.05, 0.1) is 22.9 Å². The topological polar surface area (TPSA) is 108 Å². The minimum absolute atomic E-state index is 0.0878. The molecule has 0 atom stereocenters. The van der Waals surface area contributed by atoms with Crippen molar-refractivity contribution in [3.05, 3.63) is 47.5 Å². The van der Waals surface area contributed by atoms with Gasteiger partial charge in [-0.3, -0.25) is 4.79 Å². The molecule has 0 aliphatic carbocycles. The van der Waals surface area contributed by atoms with Crippen LogP contribution >= 0.6 is 11.6 Å². The molecule has 0 saturated carbocycles. The van der Waals surface area contributed by atoms with Gasteiger partial charge in [0.2, 0.25) is 0 Å². The van der Waals surface area contributed by atoms with Crippen LogP contribution in [0.3, 0.4) is 0 Å². The Morgan fingerprint density at radius 1 is 1.16 bits per heavy atom. The molecule has 0 spiro atoms. The van der Waals surface area contributed by atoms with Gasteiger partial charge in [-0.2, -0.15) is 17.0 Å². The molecule has 3 aliphatic heterocycles. The highest BCUT2D eigenvalue weighted by atomic mass is 35.5. The summed E-state index contributed by atoms with van der Waals surface area (Å²) in [6, 6.07) is 1.69. The molecule has 9 nitrogen and oxygen atoms in total. The van der Waals surface area contributed by atoms with E-state index in [-0.39, 0.29) is 25.0 Å². The molecule has 3 N–H and O–H groups in total. The van der Waals surface area contributed by atoms with Crippen LogP contribution in [-0.2, 0) is 16.6 Å². The number of piperidine rings is 2. The number of halogens is 1. The average molecular weight is 552 g/mol. The number of carbonyl (C=O) groups is 1. The summed E-state index contributed by atoms with van der Waals surface area (Å²) < 4.78 is 34.6. The maximum absolute atomic E-state index is 13.0. The predicted octanol–water partition coefficient (Wildman–Crippen LogP) is 2.68. The molecule has 1 aromatic carbocycles. The number of nitrogen functional groups attached to an aromatic ring is 1. The van der Waals surface area contributed by atoms with Crippen LogP contribution in [0.5, 0.6) is 5.75 Å². The zero-order valence-corrected chi connectivity index (χ0v) is 22.9. The van der Waals surface area contributed by atoms with Crippen LogP contribution < -0.4 is 15.8 Å². The molecule has 0 radical (unpaired) electrons. The van der Waals surface area contributed by atoms with Gasteiger partial charge in [0.1, 0.15) is 5.75 Å². The number of nitrogens with zero attached hydrogens (tertiary/aromatic N) is 3. The van der Waals surface area contributed by atoms with E-state index in [0.29, 0.717) is 54.1 Å². The minimum Gasteiger partial charge on any atom is -0.492 e. The summed E-state index contributed by atoms with van der Waals surface area (Å²) in [6.07, 6.45) is 7.28. The van der Waals surface area contributed by atoms with Crippen molar-refractivity contribution in [2.75, 3.05) is 58.2 Å². The van der Waals surface area contributed by atoms with Crippen LogP contribution in [0.4, 0.5) is 5.69 Å². The fourth-order valence-electron chi connectivity index (χ4n) is 5.46.